The number of ether oxygens (including phenoxy) is 1. The largest absolute Gasteiger partial charge is 0.496 e. The third-order valence-electron chi connectivity index (χ3n) is 3.20. The van der Waals surface area contributed by atoms with Crippen LogP contribution in [0.3, 0.4) is 0 Å². The van der Waals surface area contributed by atoms with Crippen LogP contribution in [-0.2, 0) is 6.54 Å². The Bertz CT molecular complexity index is 376. The Morgan fingerprint density at radius 1 is 1.35 bits per heavy atom. The lowest BCUT2D eigenvalue weighted by molar-refractivity contribution is 0.171. The molecule has 1 rings (SSSR count). The molecule has 0 amide bonds. The van der Waals surface area contributed by atoms with Gasteiger partial charge in [-0.1, -0.05) is 33.6 Å². The van der Waals surface area contributed by atoms with Gasteiger partial charge in [-0.05, 0) is 33.9 Å². The smallest absolute Gasteiger partial charge is 0.123 e. The van der Waals surface area contributed by atoms with Gasteiger partial charge >= 0.3 is 0 Å². The van der Waals surface area contributed by atoms with E-state index in [1.165, 1.54) is 11.1 Å². The van der Waals surface area contributed by atoms with E-state index < -0.39 is 0 Å². The molecule has 0 atom stereocenters. The second kappa shape index (κ2) is 5.87. The molecule has 1 aromatic rings. The minimum atomic E-state index is 0.134. The van der Waals surface area contributed by atoms with E-state index in [-0.39, 0.29) is 5.54 Å². The van der Waals surface area contributed by atoms with Crippen LogP contribution in [0.4, 0.5) is 0 Å². The summed E-state index contributed by atoms with van der Waals surface area (Å²) in [5.41, 5.74) is 2.64. The summed E-state index contributed by atoms with van der Waals surface area (Å²) in [6.07, 6.45) is 0. The summed E-state index contributed by atoms with van der Waals surface area (Å²) < 4.78 is 5.41. The standard InChI is InChI=1S/C14H22BrNO/c1-11-6-7-13(17-5)12(8-11)9-16(4)14(2,3)10-15/h6-8H,9-10H2,1-5H3. The van der Waals surface area contributed by atoms with Crippen LogP contribution in [0.25, 0.3) is 0 Å². The molecule has 0 aliphatic heterocycles. The van der Waals surface area contributed by atoms with Crippen molar-refractivity contribution < 1.29 is 4.74 Å². The van der Waals surface area contributed by atoms with Gasteiger partial charge in [0.2, 0.25) is 0 Å². The van der Waals surface area contributed by atoms with Gasteiger partial charge in [0.15, 0.2) is 0 Å². The molecule has 0 saturated carbocycles. The number of hydrogen-bond acceptors (Lipinski definition) is 2. The van der Waals surface area contributed by atoms with Crippen LogP contribution in [0.15, 0.2) is 18.2 Å². The number of nitrogens with zero attached hydrogens (tertiary/aromatic N) is 1. The van der Waals surface area contributed by atoms with E-state index in [0.29, 0.717) is 0 Å². The fourth-order valence-electron chi connectivity index (χ4n) is 1.60. The maximum absolute atomic E-state index is 5.41. The average Bonchev–Trinajstić information content (AvgIpc) is 2.29. The van der Waals surface area contributed by atoms with Crippen LogP contribution in [-0.4, -0.2) is 29.9 Å². The molecular formula is C14H22BrNO. The van der Waals surface area contributed by atoms with Crippen LogP contribution in [0.5, 0.6) is 5.75 Å². The third kappa shape index (κ3) is 3.71. The fraction of sp³-hybridized carbons (Fsp3) is 0.571. The molecule has 17 heavy (non-hydrogen) atoms. The van der Waals surface area contributed by atoms with Crippen molar-refractivity contribution in [1.82, 2.24) is 4.90 Å². The quantitative estimate of drug-likeness (QED) is 0.770. The van der Waals surface area contributed by atoms with Gasteiger partial charge in [0.05, 0.1) is 7.11 Å². The molecule has 0 fully saturated rings. The lowest BCUT2D eigenvalue weighted by Crippen LogP contribution is -2.42. The zero-order chi connectivity index (χ0) is 13.1. The fourth-order valence-corrected chi connectivity index (χ4v) is 2.03. The average molecular weight is 300 g/mol. The highest BCUT2D eigenvalue weighted by Gasteiger charge is 2.22. The van der Waals surface area contributed by atoms with Gasteiger partial charge in [0.1, 0.15) is 5.75 Å². The van der Waals surface area contributed by atoms with E-state index in [1.807, 2.05) is 6.07 Å². The van der Waals surface area contributed by atoms with Crippen molar-refractivity contribution in [1.29, 1.82) is 0 Å². The summed E-state index contributed by atoms with van der Waals surface area (Å²) in [6, 6.07) is 6.32. The van der Waals surface area contributed by atoms with E-state index >= 15 is 0 Å². The highest BCUT2D eigenvalue weighted by molar-refractivity contribution is 9.09. The van der Waals surface area contributed by atoms with E-state index in [0.717, 1.165) is 17.6 Å². The second-order valence-electron chi connectivity index (χ2n) is 5.12. The Balaban J connectivity index is 2.91. The van der Waals surface area contributed by atoms with Crippen LogP contribution >= 0.6 is 15.9 Å². The lowest BCUT2D eigenvalue weighted by Gasteiger charge is -2.34. The molecule has 0 aromatic heterocycles. The molecule has 1 aromatic carbocycles. The summed E-state index contributed by atoms with van der Waals surface area (Å²) in [5.74, 6) is 0.966. The predicted octanol–water partition coefficient (Wildman–Crippen LogP) is 3.61. The summed E-state index contributed by atoms with van der Waals surface area (Å²) in [5, 5.41) is 0.949. The van der Waals surface area contributed by atoms with Gasteiger partial charge in [-0.3, -0.25) is 4.90 Å². The van der Waals surface area contributed by atoms with E-state index in [2.05, 4.69) is 60.8 Å². The number of alkyl halides is 1. The summed E-state index contributed by atoms with van der Waals surface area (Å²) in [6.45, 7) is 7.45. The van der Waals surface area contributed by atoms with Gasteiger partial charge in [0.25, 0.3) is 0 Å². The first-order valence-corrected chi connectivity index (χ1v) is 6.93. The predicted molar refractivity (Wildman–Crippen MR) is 77.1 cm³/mol. The monoisotopic (exact) mass is 299 g/mol. The number of rotatable bonds is 5. The van der Waals surface area contributed by atoms with Crippen molar-refractivity contribution in [2.45, 2.75) is 32.9 Å². The molecule has 0 heterocycles. The minimum absolute atomic E-state index is 0.134. The number of benzene rings is 1. The normalized spacial score (nSPS) is 11.9. The van der Waals surface area contributed by atoms with E-state index in [9.17, 15) is 0 Å². The number of hydrogen-bond donors (Lipinski definition) is 0. The first-order chi connectivity index (χ1) is 7.90. The van der Waals surface area contributed by atoms with Gasteiger partial charge in [-0.2, -0.15) is 0 Å². The Kier molecular flexibility index (Phi) is 5.02. The van der Waals surface area contributed by atoms with E-state index in [4.69, 9.17) is 4.74 Å². The Labute approximate surface area is 113 Å². The molecular weight excluding hydrogens is 278 g/mol. The Morgan fingerprint density at radius 2 is 2.00 bits per heavy atom. The Hall–Kier alpha value is -0.540. The van der Waals surface area contributed by atoms with Crippen molar-refractivity contribution >= 4 is 15.9 Å². The first kappa shape index (κ1) is 14.5. The molecule has 0 saturated heterocycles. The Morgan fingerprint density at radius 3 is 2.53 bits per heavy atom. The number of aryl methyl sites for hydroxylation is 1. The minimum Gasteiger partial charge on any atom is -0.496 e. The molecule has 3 heteroatoms. The highest BCUT2D eigenvalue weighted by Crippen LogP contribution is 2.24. The van der Waals surface area contributed by atoms with Crippen LogP contribution in [0, 0.1) is 6.92 Å². The zero-order valence-corrected chi connectivity index (χ0v) is 13.0. The molecule has 0 aliphatic carbocycles. The van der Waals surface area contributed by atoms with Crippen molar-refractivity contribution in [3.63, 3.8) is 0 Å². The summed E-state index contributed by atoms with van der Waals surface area (Å²) in [4.78, 5) is 2.33. The van der Waals surface area contributed by atoms with Crippen LogP contribution in [0.1, 0.15) is 25.0 Å². The maximum Gasteiger partial charge on any atom is 0.123 e. The summed E-state index contributed by atoms with van der Waals surface area (Å²) in [7, 11) is 3.87. The lowest BCUT2D eigenvalue weighted by atomic mass is 10.0. The molecule has 96 valence electrons. The summed E-state index contributed by atoms with van der Waals surface area (Å²) >= 11 is 3.56. The molecule has 0 radical (unpaired) electrons. The van der Waals surface area contributed by atoms with Gasteiger partial charge in [0, 0.05) is 23.0 Å². The second-order valence-corrected chi connectivity index (χ2v) is 5.68. The van der Waals surface area contributed by atoms with Crippen LogP contribution < -0.4 is 4.74 Å². The molecule has 2 nitrogen and oxygen atoms in total. The van der Waals surface area contributed by atoms with Gasteiger partial charge < -0.3 is 4.74 Å². The van der Waals surface area contributed by atoms with Gasteiger partial charge in [-0.25, -0.2) is 0 Å². The van der Waals surface area contributed by atoms with Crippen molar-refractivity contribution in [2.24, 2.45) is 0 Å². The van der Waals surface area contributed by atoms with Crippen molar-refractivity contribution in [2.75, 3.05) is 19.5 Å². The zero-order valence-electron chi connectivity index (χ0n) is 11.4. The molecule has 0 aliphatic rings. The topological polar surface area (TPSA) is 12.5 Å². The number of halogens is 1. The van der Waals surface area contributed by atoms with E-state index in [1.54, 1.807) is 7.11 Å². The van der Waals surface area contributed by atoms with Crippen molar-refractivity contribution in [3.05, 3.63) is 29.3 Å². The van der Waals surface area contributed by atoms with Gasteiger partial charge in [-0.15, -0.1) is 0 Å². The third-order valence-corrected chi connectivity index (χ3v) is 4.58. The van der Waals surface area contributed by atoms with Crippen molar-refractivity contribution in [3.8, 4) is 5.75 Å². The maximum atomic E-state index is 5.41. The molecule has 0 bridgehead atoms. The first-order valence-electron chi connectivity index (χ1n) is 5.81. The van der Waals surface area contributed by atoms with Crippen LogP contribution in [0.2, 0.25) is 0 Å². The molecule has 0 N–H and O–H groups in total. The molecule has 0 unspecified atom stereocenters. The number of methoxy groups -OCH3 is 1. The highest BCUT2D eigenvalue weighted by atomic mass is 79.9. The molecule has 0 spiro atoms. The SMILES string of the molecule is COc1ccc(C)cc1CN(C)C(C)(C)CBr.